The summed E-state index contributed by atoms with van der Waals surface area (Å²) in [6.45, 7) is 9.01. The second kappa shape index (κ2) is 5.63. The molecule has 0 bridgehead atoms. The summed E-state index contributed by atoms with van der Waals surface area (Å²) in [4.78, 5) is 4.37. The molecule has 0 atom stereocenters. The lowest BCUT2D eigenvalue weighted by molar-refractivity contribution is 0.460. The molecule has 0 radical (unpaired) electrons. The van der Waals surface area contributed by atoms with Gasteiger partial charge in [-0.2, -0.15) is 0 Å². The molecule has 0 unspecified atom stereocenters. The predicted molar refractivity (Wildman–Crippen MR) is 82.1 cm³/mol. The first-order chi connectivity index (χ1) is 9.38. The van der Waals surface area contributed by atoms with Crippen LogP contribution in [-0.2, 0) is 12.0 Å². The van der Waals surface area contributed by atoms with E-state index in [1.54, 1.807) is 0 Å². The first kappa shape index (κ1) is 14.5. The molecule has 3 nitrogen and oxygen atoms in total. The quantitative estimate of drug-likeness (QED) is 0.919. The van der Waals surface area contributed by atoms with E-state index in [0.29, 0.717) is 12.4 Å². The Labute approximate surface area is 120 Å². The van der Waals surface area contributed by atoms with Gasteiger partial charge in [0.15, 0.2) is 0 Å². The first-order valence-corrected chi connectivity index (χ1v) is 6.84. The molecule has 0 aliphatic carbocycles. The molecule has 0 aliphatic heterocycles. The van der Waals surface area contributed by atoms with E-state index in [2.05, 4.69) is 37.9 Å². The summed E-state index contributed by atoms with van der Waals surface area (Å²) in [6, 6.07) is 12.0. The molecule has 1 heterocycles. The van der Waals surface area contributed by atoms with E-state index in [-0.39, 0.29) is 5.41 Å². The van der Waals surface area contributed by atoms with E-state index in [1.165, 1.54) is 5.56 Å². The summed E-state index contributed by atoms with van der Waals surface area (Å²) < 4.78 is 5.80. The van der Waals surface area contributed by atoms with E-state index in [4.69, 9.17) is 10.5 Å². The van der Waals surface area contributed by atoms with Crippen LogP contribution in [0.2, 0.25) is 0 Å². The van der Waals surface area contributed by atoms with Gasteiger partial charge in [0, 0.05) is 18.3 Å². The molecule has 106 valence electrons. The minimum absolute atomic E-state index is 0.146. The molecular weight excluding hydrogens is 248 g/mol. The van der Waals surface area contributed by atoms with Crippen molar-refractivity contribution >= 4 is 0 Å². The molecule has 2 aromatic rings. The lowest BCUT2D eigenvalue weighted by atomic mass is 9.87. The molecule has 3 heteroatoms. The highest BCUT2D eigenvalue weighted by atomic mass is 16.5. The standard InChI is InChI=1S/C17H22N2O/c1-12-9-13(11-18)10-16(19-12)20-15-7-5-14(6-8-15)17(2,3)4/h5-10H,11,18H2,1-4H3. The normalized spacial score (nSPS) is 11.4. The third-order valence-electron chi connectivity index (χ3n) is 3.17. The van der Waals surface area contributed by atoms with Gasteiger partial charge in [-0.25, -0.2) is 4.98 Å². The number of rotatable bonds is 3. The maximum atomic E-state index is 5.80. The number of ether oxygens (including phenoxy) is 1. The molecule has 2 N–H and O–H groups in total. The van der Waals surface area contributed by atoms with E-state index in [1.807, 2.05) is 31.2 Å². The molecule has 1 aromatic carbocycles. The number of hydrogen-bond acceptors (Lipinski definition) is 3. The summed E-state index contributed by atoms with van der Waals surface area (Å²) >= 11 is 0. The summed E-state index contributed by atoms with van der Waals surface area (Å²) in [5, 5.41) is 0. The van der Waals surface area contributed by atoms with Crippen LogP contribution in [0.5, 0.6) is 11.6 Å². The molecule has 2 rings (SSSR count). The second-order valence-electron chi connectivity index (χ2n) is 6.04. The van der Waals surface area contributed by atoms with Crippen molar-refractivity contribution in [1.82, 2.24) is 4.98 Å². The molecule has 1 aromatic heterocycles. The van der Waals surface area contributed by atoms with Crippen LogP contribution in [-0.4, -0.2) is 4.98 Å². The van der Waals surface area contributed by atoms with Gasteiger partial charge in [0.2, 0.25) is 5.88 Å². The van der Waals surface area contributed by atoms with Crippen molar-refractivity contribution in [3.63, 3.8) is 0 Å². The molecule has 0 spiro atoms. The van der Waals surface area contributed by atoms with Crippen molar-refractivity contribution in [2.24, 2.45) is 5.73 Å². The van der Waals surface area contributed by atoms with Gasteiger partial charge >= 0.3 is 0 Å². The van der Waals surface area contributed by atoms with Crippen molar-refractivity contribution < 1.29 is 4.74 Å². The lowest BCUT2D eigenvalue weighted by Crippen LogP contribution is -2.10. The number of aryl methyl sites for hydroxylation is 1. The summed E-state index contributed by atoms with van der Waals surface area (Å²) in [5.41, 5.74) is 9.03. The zero-order valence-electron chi connectivity index (χ0n) is 12.6. The third-order valence-corrected chi connectivity index (χ3v) is 3.17. The SMILES string of the molecule is Cc1cc(CN)cc(Oc2ccc(C(C)(C)C)cc2)n1. The van der Waals surface area contributed by atoms with Crippen LogP contribution in [0, 0.1) is 6.92 Å². The second-order valence-corrected chi connectivity index (χ2v) is 6.04. The average molecular weight is 270 g/mol. The van der Waals surface area contributed by atoms with Crippen molar-refractivity contribution in [1.29, 1.82) is 0 Å². The highest BCUT2D eigenvalue weighted by molar-refractivity contribution is 5.34. The summed E-state index contributed by atoms with van der Waals surface area (Å²) in [6.07, 6.45) is 0. The van der Waals surface area contributed by atoms with Gasteiger partial charge in [-0.15, -0.1) is 0 Å². The van der Waals surface area contributed by atoms with Gasteiger partial charge in [-0.3, -0.25) is 0 Å². The van der Waals surface area contributed by atoms with Gasteiger partial charge in [0.25, 0.3) is 0 Å². The van der Waals surface area contributed by atoms with Crippen LogP contribution in [0.25, 0.3) is 0 Å². The fourth-order valence-electron chi connectivity index (χ4n) is 2.02. The maximum Gasteiger partial charge on any atom is 0.219 e. The molecule has 0 saturated carbocycles. The number of nitrogens with two attached hydrogens (primary N) is 1. The van der Waals surface area contributed by atoms with E-state index >= 15 is 0 Å². The van der Waals surface area contributed by atoms with Gasteiger partial charge in [0.05, 0.1) is 0 Å². The van der Waals surface area contributed by atoms with Gasteiger partial charge in [-0.05, 0) is 41.7 Å². The van der Waals surface area contributed by atoms with Gasteiger partial charge in [0.1, 0.15) is 5.75 Å². The van der Waals surface area contributed by atoms with E-state index < -0.39 is 0 Å². The summed E-state index contributed by atoms with van der Waals surface area (Å²) in [7, 11) is 0. The Morgan fingerprint density at radius 3 is 2.30 bits per heavy atom. The molecule has 0 fully saturated rings. The first-order valence-electron chi connectivity index (χ1n) is 6.84. The fourth-order valence-corrected chi connectivity index (χ4v) is 2.02. The number of pyridine rings is 1. The predicted octanol–water partition coefficient (Wildman–Crippen LogP) is 3.94. The smallest absolute Gasteiger partial charge is 0.219 e. The Bertz CT molecular complexity index is 583. The molecule has 0 saturated heterocycles. The van der Waals surface area contributed by atoms with Crippen molar-refractivity contribution in [2.75, 3.05) is 0 Å². The Morgan fingerprint density at radius 1 is 1.10 bits per heavy atom. The number of aromatic nitrogens is 1. The zero-order valence-corrected chi connectivity index (χ0v) is 12.6. The number of nitrogens with zero attached hydrogens (tertiary/aromatic N) is 1. The van der Waals surface area contributed by atoms with Crippen molar-refractivity contribution in [3.8, 4) is 11.6 Å². The molecule has 0 aliphatic rings. The highest BCUT2D eigenvalue weighted by Gasteiger charge is 2.13. The van der Waals surface area contributed by atoms with Crippen LogP contribution >= 0.6 is 0 Å². The Hall–Kier alpha value is -1.87. The maximum absolute atomic E-state index is 5.80. The van der Waals surface area contributed by atoms with Crippen molar-refractivity contribution in [3.05, 3.63) is 53.2 Å². The third kappa shape index (κ3) is 3.58. The minimum atomic E-state index is 0.146. The van der Waals surface area contributed by atoms with Crippen LogP contribution in [0.3, 0.4) is 0 Å². The number of hydrogen-bond donors (Lipinski definition) is 1. The Kier molecular flexibility index (Phi) is 4.09. The summed E-state index contributed by atoms with van der Waals surface area (Å²) in [5.74, 6) is 1.38. The van der Waals surface area contributed by atoms with Crippen LogP contribution in [0.1, 0.15) is 37.6 Å². The van der Waals surface area contributed by atoms with Gasteiger partial charge < -0.3 is 10.5 Å². The average Bonchev–Trinajstić information content (AvgIpc) is 2.37. The van der Waals surface area contributed by atoms with Crippen LogP contribution in [0.4, 0.5) is 0 Å². The van der Waals surface area contributed by atoms with Crippen LogP contribution in [0.15, 0.2) is 36.4 Å². The van der Waals surface area contributed by atoms with Crippen molar-refractivity contribution in [2.45, 2.75) is 39.7 Å². The lowest BCUT2D eigenvalue weighted by Gasteiger charge is -2.19. The fraction of sp³-hybridized carbons (Fsp3) is 0.353. The molecule has 20 heavy (non-hydrogen) atoms. The Morgan fingerprint density at radius 2 is 1.75 bits per heavy atom. The minimum Gasteiger partial charge on any atom is -0.439 e. The topological polar surface area (TPSA) is 48.1 Å². The molecule has 0 amide bonds. The van der Waals surface area contributed by atoms with E-state index in [0.717, 1.165) is 17.0 Å². The van der Waals surface area contributed by atoms with Gasteiger partial charge in [-0.1, -0.05) is 32.9 Å². The largest absolute Gasteiger partial charge is 0.439 e. The zero-order chi connectivity index (χ0) is 14.8. The highest BCUT2D eigenvalue weighted by Crippen LogP contribution is 2.26. The molecular formula is C17H22N2O. The Balaban J connectivity index is 2.20. The monoisotopic (exact) mass is 270 g/mol. The van der Waals surface area contributed by atoms with E-state index in [9.17, 15) is 0 Å². The van der Waals surface area contributed by atoms with Crippen LogP contribution < -0.4 is 10.5 Å². The number of benzene rings is 1.